The number of aromatic nitrogens is 4. The molecule has 2 aromatic heterocycles. The monoisotopic (exact) mass is 487 g/mol. The van der Waals surface area contributed by atoms with Crippen molar-refractivity contribution in [3.8, 4) is 11.4 Å². The van der Waals surface area contributed by atoms with E-state index in [1.165, 1.54) is 35.3 Å². The van der Waals surface area contributed by atoms with E-state index in [1.54, 1.807) is 6.92 Å². The number of amides is 1. The van der Waals surface area contributed by atoms with Crippen LogP contribution >= 0.6 is 23.1 Å². The first-order chi connectivity index (χ1) is 15.1. The van der Waals surface area contributed by atoms with Crippen molar-refractivity contribution >= 4 is 40.0 Å². The van der Waals surface area contributed by atoms with Crippen LogP contribution in [0.4, 0.5) is 18.2 Å². The van der Waals surface area contributed by atoms with E-state index in [0.29, 0.717) is 16.3 Å². The first-order valence-corrected chi connectivity index (χ1v) is 10.6. The normalized spacial score (nSPS) is 11.3. The number of thioether (sulfide) groups is 1. The van der Waals surface area contributed by atoms with E-state index >= 15 is 0 Å². The maximum Gasteiger partial charge on any atom is 0.573 e. The lowest BCUT2D eigenvalue weighted by Gasteiger charge is -2.09. The standard InChI is InChI=1S/C18H16F3N5O4S2/c1-9-10(2)32-15(14(9)16(28)29-3)22-13(27)8-31-17-23-24-25-26(17)11-4-6-12(7-5-11)30-18(19,20)21/h4-7H,8H2,1-3H3,(H,22,27). The molecule has 14 heteroatoms. The zero-order chi connectivity index (χ0) is 23.5. The van der Waals surface area contributed by atoms with Gasteiger partial charge in [0.1, 0.15) is 10.8 Å². The molecular formula is C18H16F3N5O4S2. The number of benzene rings is 1. The van der Waals surface area contributed by atoms with Crippen LogP contribution in [-0.4, -0.2) is 51.3 Å². The number of halogens is 3. The average Bonchev–Trinajstić information content (AvgIpc) is 3.30. The van der Waals surface area contributed by atoms with E-state index < -0.39 is 18.2 Å². The third-order valence-corrected chi connectivity index (χ3v) is 6.16. The second-order valence-corrected chi connectivity index (χ2v) is 8.40. The number of hydrogen-bond donors (Lipinski definition) is 1. The van der Waals surface area contributed by atoms with Gasteiger partial charge in [-0.3, -0.25) is 4.79 Å². The van der Waals surface area contributed by atoms with Gasteiger partial charge in [0, 0.05) is 4.88 Å². The fraction of sp³-hybridized carbons (Fsp3) is 0.278. The highest BCUT2D eigenvalue weighted by Crippen LogP contribution is 2.33. The zero-order valence-electron chi connectivity index (χ0n) is 16.9. The molecule has 1 amide bonds. The highest BCUT2D eigenvalue weighted by molar-refractivity contribution is 7.99. The van der Waals surface area contributed by atoms with Gasteiger partial charge in [0.15, 0.2) is 0 Å². The van der Waals surface area contributed by atoms with Crippen LogP contribution in [0.3, 0.4) is 0 Å². The average molecular weight is 487 g/mol. The Bertz CT molecular complexity index is 1130. The van der Waals surface area contributed by atoms with E-state index in [4.69, 9.17) is 4.74 Å². The van der Waals surface area contributed by atoms with E-state index in [2.05, 4.69) is 25.6 Å². The van der Waals surface area contributed by atoms with Crippen molar-refractivity contribution in [2.24, 2.45) is 0 Å². The van der Waals surface area contributed by atoms with Crippen LogP contribution in [0.2, 0.25) is 0 Å². The third kappa shape index (κ3) is 5.56. The van der Waals surface area contributed by atoms with Crippen molar-refractivity contribution in [1.29, 1.82) is 0 Å². The minimum atomic E-state index is -4.79. The lowest BCUT2D eigenvalue weighted by atomic mass is 10.1. The summed E-state index contributed by atoms with van der Waals surface area (Å²) in [6.45, 7) is 3.59. The van der Waals surface area contributed by atoms with Crippen LogP contribution in [0.15, 0.2) is 29.4 Å². The van der Waals surface area contributed by atoms with Gasteiger partial charge in [0.25, 0.3) is 0 Å². The maximum atomic E-state index is 12.4. The molecule has 0 saturated carbocycles. The molecule has 0 aliphatic carbocycles. The summed E-state index contributed by atoms with van der Waals surface area (Å²) in [5.74, 6) is -1.40. The largest absolute Gasteiger partial charge is 0.573 e. The molecule has 170 valence electrons. The molecule has 0 bridgehead atoms. The summed E-state index contributed by atoms with van der Waals surface area (Å²) in [5, 5.41) is 14.5. The van der Waals surface area contributed by atoms with Gasteiger partial charge in [-0.15, -0.1) is 29.6 Å². The first-order valence-electron chi connectivity index (χ1n) is 8.84. The van der Waals surface area contributed by atoms with Gasteiger partial charge in [-0.25, -0.2) is 4.79 Å². The number of esters is 1. The molecule has 0 saturated heterocycles. The van der Waals surface area contributed by atoms with E-state index in [1.807, 2.05) is 6.92 Å². The number of methoxy groups -OCH3 is 1. The predicted molar refractivity (Wildman–Crippen MR) is 110 cm³/mol. The van der Waals surface area contributed by atoms with Gasteiger partial charge < -0.3 is 14.8 Å². The quantitative estimate of drug-likeness (QED) is 0.397. The number of alkyl halides is 3. The molecule has 3 rings (SSSR count). The highest BCUT2D eigenvalue weighted by atomic mass is 32.2. The Morgan fingerprint density at radius 2 is 1.91 bits per heavy atom. The molecule has 0 spiro atoms. The smallest absolute Gasteiger partial charge is 0.465 e. The molecule has 1 N–H and O–H groups in total. The third-order valence-electron chi connectivity index (χ3n) is 4.12. The number of carbonyl (C=O) groups is 2. The highest BCUT2D eigenvalue weighted by Gasteiger charge is 2.31. The summed E-state index contributed by atoms with van der Waals surface area (Å²) < 4.78 is 46.8. The Balaban J connectivity index is 1.67. The fourth-order valence-corrected chi connectivity index (χ4v) is 4.33. The van der Waals surface area contributed by atoms with Crippen molar-refractivity contribution in [3.63, 3.8) is 0 Å². The summed E-state index contributed by atoms with van der Waals surface area (Å²) in [7, 11) is 1.26. The number of nitrogens with zero attached hydrogens (tertiary/aromatic N) is 4. The van der Waals surface area contributed by atoms with Crippen LogP contribution < -0.4 is 10.1 Å². The number of tetrazole rings is 1. The number of aryl methyl sites for hydroxylation is 1. The molecule has 0 aliphatic rings. The Morgan fingerprint density at radius 1 is 1.22 bits per heavy atom. The lowest BCUT2D eigenvalue weighted by Crippen LogP contribution is -2.17. The van der Waals surface area contributed by atoms with Gasteiger partial charge in [0.05, 0.1) is 24.1 Å². The van der Waals surface area contributed by atoms with Crippen LogP contribution in [-0.2, 0) is 9.53 Å². The van der Waals surface area contributed by atoms with Gasteiger partial charge in [-0.05, 0) is 54.1 Å². The van der Waals surface area contributed by atoms with Crippen molar-refractivity contribution in [2.45, 2.75) is 25.4 Å². The van der Waals surface area contributed by atoms with Crippen LogP contribution in [0, 0.1) is 13.8 Å². The number of nitrogens with one attached hydrogen (secondary N) is 1. The number of hydrogen-bond acceptors (Lipinski definition) is 9. The van der Waals surface area contributed by atoms with E-state index in [-0.39, 0.29) is 16.7 Å². The second-order valence-electron chi connectivity index (χ2n) is 6.23. The molecule has 0 unspecified atom stereocenters. The van der Waals surface area contributed by atoms with Crippen molar-refractivity contribution in [1.82, 2.24) is 20.2 Å². The summed E-state index contributed by atoms with van der Waals surface area (Å²) in [4.78, 5) is 25.3. The molecule has 0 aliphatic heterocycles. The zero-order valence-corrected chi connectivity index (χ0v) is 18.5. The summed E-state index contributed by atoms with van der Waals surface area (Å²) >= 11 is 2.28. The number of ether oxygens (including phenoxy) is 2. The molecule has 32 heavy (non-hydrogen) atoms. The molecule has 0 radical (unpaired) electrons. The molecular weight excluding hydrogens is 471 g/mol. The molecule has 0 fully saturated rings. The Kier molecular flexibility index (Phi) is 7.03. The van der Waals surface area contributed by atoms with E-state index in [9.17, 15) is 22.8 Å². The fourth-order valence-electron chi connectivity index (χ4n) is 2.58. The number of carbonyl (C=O) groups excluding carboxylic acids is 2. The van der Waals surface area contributed by atoms with E-state index in [0.717, 1.165) is 34.3 Å². The number of rotatable bonds is 7. The van der Waals surface area contributed by atoms with Crippen LogP contribution in [0.1, 0.15) is 20.8 Å². The van der Waals surface area contributed by atoms with Gasteiger partial charge in [0.2, 0.25) is 11.1 Å². The molecule has 0 atom stereocenters. The molecule has 2 heterocycles. The molecule has 9 nitrogen and oxygen atoms in total. The maximum absolute atomic E-state index is 12.4. The molecule has 3 aromatic rings. The lowest BCUT2D eigenvalue weighted by molar-refractivity contribution is -0.274. The van der Waals surface area contributed by atoms with Crippen LogP contribution in [0.5, 0.6) is 5.75 Å². The van der Waals surface area contributed by atoms with Crippen molar-refractivity contribution < 1.29 is 32.2 Å². The van der Waals surface area contributed by atoms with Crippen LogP contribution in [0.25, 0.3) is 5.69 Å². The molecule has 1 aromatic carbocycles. The Hall–Kier alpha value is -3.13. The minimum Gasteiger partial charge on any atom is -0.465 e. The van der Waals surface area contributed by atoms with Gasteiger partial charge >= 0.3 is 12.3 Å². The SMILES string of the molecule is COC(=O)c1c(NC(=O)CSc2nnnn2-c2ccc(OC(F)(F)F)cc2)sc(C)c1C. The predicted octanol–water partition coefficient (Wildman–Crippen LogP) is 3.76. The minimum absolute atomic E-state index is 0.0771. The van der Waals surface area contributed by atoms with Gasteiger partial charge in [-0.2, -0.15) is 4.68 Å². The summed E-state index contributed by atoms with van der Waals surface area (Å²) in [6, 6.07) is 4.95. The Morgan fingerprint density at radius 3 is 2.53 bits per heavy atom. The summed E-state index contributed by atoms with van der Waals surface area (Å²) in [5.41, 5.74) is 1.41. The van der Waals surface area contributed by atoms with Gasteiger partial charge in [-0.1, -0.05) is 11.8 Å². The second kappa shape index (κ2) is 9.56. The summed E-state index contributed by atoms with van der Waals surface area (Å²) in [6.07, 6.45) is -4.79. The first kappa shape index (κ1) is 23.5. The van der Waals surface area contributed by atoms with Crippen molar-refractivity contribution in [2.75, 3.05) is 18.2 Å². The number of thiophene rings is 1. The number of anilines is 1. The van der Waals surface area contributed by atoms with Crippen molar-refractivity contribution in [3.05, 3.63) is 40.3 Å². The Labute approximate surface area is 187 Å². The topological polar surface area (TPSA) is 108 Å².